The lowest BCUT2D eigenvalue weighted by Gasteiger charge is -2.27. The van der Waals surface area contributed by atoms with Gasteiger partial charge in [-0.2, -0.15) is 0 Å². The van der Waals surface area contributed by atoms with Crippen molar-refractivity contribution in [2.24, 2.45) is 0 Å². The van der Waals surface area contributed by atoms with Gasteiger partial charge in [0.1, 0.15) is 6.67 Å². The van der Waals surface area contributed by atoms with Crippen LogP contribution in [0.25, 0.3) is 0 Å². The molecule has 5 nitrogen and oxygen atoms in total. The van der Waals surface area contributed by atoms with Gasteiger partial charge in [-0.3, -0.25) is 14.7 Å². The molecule has 70 valence electrons. The third-order valence-corrected chi connectivity index (χ3v) is 2.12. The van der Waals surface area contributed by atoms with E-state index in [0.717, 1.165) is 0 Å². The Labute approximate surface area is 76.1 Å². The van der Waals surface area contributed by atoms with Gasteiger partial charge in [0.2, 0.25) is 12.3 Å². The Balaban J connectivity index is 2.20. The van der Waals surface area contributed by atoms with Crippen molar-refractivity contribution < 1.29 is 9.90 Å². The lowest BCUT2D eigenvalue weighted by molar-refractivity contribution is -0.141. The van der Waals surface area contributed by atoms with Crippen LogP contribution in [0, 0.1) is 0 Å². The van der Waals surface area contributed by atoms with Crippen LogP contribution in [0.5, 0.6) is 0 Å². The first-order chi connectivity index (χ1) is 6.20. The number of carbonyl (C=O) groups excluding carboxylic acids is 1. The molecule has 0 spiro atoms. The molecule has 0 bridgehead atoms. The molecule has 1 atom stereocenters. The Morgan fingerprint density at radius 3 is 2.77 bits per heavy atom. The highest BCUT2D eigenvalue weighted by atomic mass is 16.3. The zero-order chi connectivity index (χ0) is 9.42. The molecule has 0 aromatic carbocycles. The Morgan fingerprint density at radius 2 is 2.15 bits per heavy atom. The van der Waals surface area contributed by atoms with Gasteiger partial charge in [0, 0.05) is 19.3 Å². The van der Waals surface area contributed by atoms with Gasteiger partial charge >= 0.3 is 0 Å². The molecule has 5 heteroatoms. The van der Waals surface area contributed by atoms with Gasteiger partial charge in [-0.05, 0) is 12.2 Å². The number of hydrogen-bond acceptors (Lipinski definition) is 4. The average molecular weight is 181 g/mol. The van der Waals surface area contributed by atoms with Crippen molar-refractivity contribution >= 4 is 5.91 Å². The number of rotatable bonds is 0. The van der Waals surface area contributed by atoms with Crippen LogP contribution in [0.2, 0.25) is 0 Å². The first-order valence-electron chi connectivity index (χ1n) is 4.05. The highest BCUT2D eigenvalue weighted by Crippen LogP contribution is 2.20. The zero-order valence-corrected chi connectivity index (χ0v) is 7.29. The Hall–Kier alpha value is -1.49. The maximum absolute atomic E-state index is 11.1. The summed E-state index contributed by atoms with van der Waals surface area (Å²) in [6.07, 6.45) is 6.33. The number of allylic oxidation sites excluding steroid dienone is 2. The fourth-order valence-corrected chi connectivity index (χ4v) is 1.41. The second-order valence-corrected chi connectivity index (χ2v) is 2.98. The van der Waals surface area contributed by atoms with Crippen LogP contribution in [-0.4, -0.2) is 39.0 Å². The van der Waals surface area contributed by atoms with Crippen molar-refractivity contribution in [3.8, 4) is 0 Å². The van der Waals surface area contributed by atoms with Crippen molar-refractivity contribution in [2.75, 3.05) is 6.67 Å². The van der Waals surface area contributed by atoms with Crippen molar-refractivity contribution in [1.82, 2.24) is 14.9 Å². The molecule has 0 aromatic rings. The molecular formula is C8H11N3O2. The first-order valence-corrected chi connectivity index (χ1v) is 4.05. The highest BCUT2D eigenvalue weighted by Gasteiger charge is 2.35. The van der Waals surface area contributed by atoms with E-state index in [1.165, 1.54) is 11.8 Å². The predicted octanol–water partition coefficient (Wildman–Crippen LogP) is -0.358. The normalized spacial score (nSPS) is 25.4. The smallest absolute Gasteiger partial charge is 0.228 e. The van der Waals surface area contributed by atoms with E-state index in [2.05, 4.69) is 0 Å². The molecule has 2 aliphatic rings. The van der Waals surface area contributed by atoms with Gasteiger partial charge in [-0.1, -0.05) is 0 Å². The van der Waals surface area contributed by atoms with Crippen LogP contribution in [-0.2, 0) is 4.79 Å². The third-order valence-electron chi connectivity index (χ3n) is 2.12. The molecule has 1 N–H and O–H groups in total. The van der Waals surface area contributed by atoms with E-state index in [1.807, 2.05) is 18.4 Å². The predicted molar refractivity (Wildman–Crippen MR) is 45.4 cm³/mol. The van der Waals surface area contributed by atoms with Gasteiger partial charge in [0.15, 0.2) is 0 Å². The fraction of sp³-hybridized carbons (Fsp3) is 0.375. The number of hydrazine groups is 1. The summed E-state index contributed by atoms with van der Waals surface area (Å²) >= 11 is 0. The topological polar surface area (TPSA) is 47.0 Å². The number of hydrogen-bond donors (Lipinski definition) is 1. The minimum atomic E-state index is -0.876. The summed E-state index contributed by atoms with van der Waals surface area (Å²) in [5.41, 5.74) is 0. The molecule has 2 heterocycles. The Kier molecular flexibility index (Phi) is 1.73. The van der Waals surface area contributed by atoms with E-state index >= 15 is 0 Å². The van der Waals surface area contributed by atoms with Crippen LogP contribution >= 0.6 is 0 Å². The van der Waals surface area contributed by atoms with E-state index in [1.54, 1.807) is 16.2 Å². The molecule has 2 rings (SSSR count). The maximum atomic E-state index is 11.1. The number of nitrogens with zero attached hydrogens (tertiary/aromatic N) is 3. The molecule has 2 aliphatic heterocycles. The molecule has 0 aliphatic carbocycles. The van der Waals surface area contributed by atoms with Gasteiger partial charge in [0.25, 0.3) is 0 Å². The molecule has 1 saturated heterocycles. The number of aliphatic hydroxyl groups excluding tert-OH is 1. The van der Waals surface area contributed by atoms with Crippen LogP contribution in [0.3, 0.4) is 0 Å². The summed E-state index contributed by atoms with van der Waals surface area (Å²) in [5, 5.41) is 13.0. The van der Waals surface area contributed by atoms with Crippen molar-refractivity contribution in [3.63, 3.8) is 0 Å². The Morgan fingerprint density at radius 1 is 1.46 bits per heavy atom. The summed E-state index contributed by atoms with van der Waals surface area (Å²) in [4.78, 5) is 12.4. The second-order valence-electron chi connectivity index (χ2n) is 2.98. The monoisotopic (exact) mass is 181 g/mol. The van der Waals surface area contributed by atoms with Crippen molar-refractivity contribution in [1.29, 1.82) is 0 Å². The van der Waals surface area contributed by atoms with Crippen molar-refractivity contribution in [2.45, 2.75) is 13.3 Å². The Bertz CT molecular complexity index is 287. The van der Waals surface area contributed by atoms with Crippen LogP contribution in [0.4, 0.5) is 0 Å². The largest absolute Gasteiger partial charge is 0.355 e. The number of carbonyl (C=O) groups is 1. The van der Waals surface area contributed by atoms with Crippen LogP contribution < -0.4 is 0 Å². The molecule has 1 unspecified atom stereocenters. The van der Waals surface area contributed by atoms with Gasteiger partial charge in [-0.15, -0.1) is 0 Å². The van der Waals surface area contributed by atoms with E-state index in [4.69, 9.17) is 0 Å². The minimum Gasteiger partial charge on any atom is -0.355 e. The average Bonchev–Trinajstić information content (AvgIpc) is 2.45. The lowest BCUT2D eigenvalue weighted by Crippen LogP contribution is -2.39. The highest BCUT2D eigenvalue weighted by molar-refractivity contribution is 5.73. The summed E-state index contributed by atoms with van der Waals surface area (Å²) < 4.78 is 0. The second kappa shape index (κ2) is 2.77. The zero-order valence-electron chi connectivity index (χ0n) is 7.29. The maximum Gasteiger partial charge on any atom is 0.228 e. The van der Waals surface area contributed by atoms with E-state index in [-0.39, 0.29) is 5.91 Å². The minimum absolute atomic E-state index is 0.135. The van der Waals surface area contributed by atoms with Gasteiger partial charge in [0.05, 0.1) is 0 Å². The molecule has 0 saturated carbocycles. The molecule has 13 heavy (non-hydrogen) atoms. The lowest BCUT2D eigenvalue weighted by atomic mass is 10.5. The number of amides is 1. The van der Waals surface area contributed by atoms with E-state index in [0.29, 0.717) is 6.67 Å². The van der Waals surface area contributed by atoms with Crippen LogP contribution in [0.15, 0.2) is 24.6 Å². The standard InChI is InChI=1S/C8H11N3O2/c1-7(12)10-6-9-4-2-3-5-11(9)8(10)13/h2-5,8,13H,6H2,1H3. The van der Waals surface area contributed by atoms with E-state index < -0.39 is 6.35 Å². The molecule has 0 radical (unpaired) electrons. The summed E-state index contributed by atoms with van der Waals surface area (Å²) in [6.45, 7) is 1.84. The molecular weight excluding hydrogens is 170 g/mol. The van der Waals surface area contributed by atoms with Gasteiger partial charge in [-0.25, -0.2) is 5.01 Å². The third kappa shape index (κ3) is 1.17. The number of fused-ring (bicyclic) bond motifs is 1. The fourth-order valence-electron chi connectivity index (χ4n) is 1.41. The molecule has 0 aromatic heterocycles. The SMILES string of the molecule is CC(=O)N1CN2C=CC=CN2C1O. The molecule has 1 fully saturated rings. The van der Waals surface area contributed by atoms with E-state index in [9.17, 15) is 9.90 Å². The summed E-state index contributed by atoms with van der Waals surface area (Å²) in [6, 6.07) is 0. The first kappa shape index (κ1) is 8.12. The van der Waals surface area contributed by atoms with Gasteiger partial charge < -0.3 is 5.11 Å². The quantitative estimate of drug-likeness (QED) is 0.554. The van der Waals surface area contributed by atoms with Crippen LogP contribution in [0.1, 0.15) is 6.92 Å². The summed E-state index contributed by atoms with van der Waals surface area (Å²) in [7, 11) is 0. The summed E-state index contributed by atoms with van der Waals surface area (Å²) in [5.74, 6) is -0.135. The molecule has 1 amide bonds. The van der Waals surface area contributed by atoms with Crippen molar-refractivity contribution in [3.05, 3.63) is 24.6 Å². The number of aliphatic hydroxyl groups is 1.